The summed E-state index contributed by atoms with van der Waals surface area (Å²) in [7, 11) is 1.43. The van der Waals surface area contributed by atoms with Crippen LogP contribution in [0.25, 0.3) is 0 Å². The molecular formula is C14H10Cl2N2O4S. The molecule has 1 N–H and O–H groups in total. The molecule has 0 aliphatic carbocycles. The van der Waals surface area contributed by atoms with E-state index in [1.54, 1.807) is 24.3 Å². The highest BCUT2D eigenvalue weighted by Crippen LogP contribution is 2.43. The van der Waals surface area contributed by atoms with Crippen LogP contribution in [0.1, 0.15) is 0 Å². The Morgan fingerprint density at radius 1 is 1.26 bits per heavy atom. The number of rotatable bonds is 6. The van der Waals surface area contributed by atoms with Gasteiger partial charge in [0, 0.05) is 4.90 Å². The SMILES string of the molecule is COc1ccc(Sc2ccc(Cl)c(Cl)c2NC=O)c([N+](=O)[O-])c1. The van der Waals surface area contributed by atoms with E-state index in [-0.39, 0.29) is 15.7 Å². The fourth-order valence-corrected chi connectivity index (χ4v) is 3.23. The molecule has 2 aromatic rings. The van der Waals surface area contributed by atoms with Gasteiger partial charge in [0.05, 0.1) is 38.7 Å². The number of ether oxygens (including phenoxy) is 1. The molecule has 2 aromatic carbocycles. The molecule has 2 rings (SSSR count). The van der Waals surface area contributed by atoms with Crippen LogP contribution >= 0.6 is 35.0 Å². The molecule has 1 amide bonds. The third-order valence-electron chi connectivity index (χ3n) is 2.84. The van der Waals surface area contributed by atoms with E-state index < -0.39 is 4.92 Å². The van der Waals surface area contributed by atoms with Crippen LogP contribution in [0.2, 0.25) is 10.0 Å². The number of hydrogen-bond acceptors (Lipinski definition) is 5. The van der Waals surface area contributed by atoms with E-state index in [2.05, 4.69) is 5.32 Å². The van der Waals surface area contributed by atoms with Crippen LogP contribution in [0.3, 0.4) is 0 Å². The molecule has 9 heteroatoms. The molecule has 23 heavy (non-hydrogen) atoms. The number of nitro groups is 1. The standard InChI is InChI=1S/C14H10Cl2N2O4S/c1-22-8-2-4-11(10(6-8)18(20)21)23-12-5-3-9(15)13(16)14(12)17-7-19/h2-7H,1H3,(H,17,19). The first kappa shape index (κ1) is 17.4. The Morgan fingerprint density at radius 3 is 2.57 bits per heavy atom. The molecule has 6 nitrogen and oxygen atoms in total. The minimum absolute atomic E-state index is 0.113. The first-order valence-electron chi connectivity index (χ1n) is 6.16. The predicted octanol–water partition coefficient (Wildman–Crippen LogP) is 4.63. The van der Waals surface area contributed by atoms with Gasteiger partial charge < -0.3 is 10.1 Å². The summed E-state index contributed by atoms with van der Waals surface area (Å²) >= 11 is 13.1. The van der Waals surface area contributed by atoms with E-state index in [4.69, 9.17) is 27.9 Å². The topological polar surface area (TPSA) is 81.5 Å². The summed E-state index contributed by atoms with van der Waals surface area (Å²) in [6.45, 7) is 0. The molecule has 120 valence electrons. The van der Waals surface area contributed by atoms with Crippen molar-refractivity contribution < 1.29 is 14.5 Å². The predicted molar refractivity (Wildman–Crippen MR) is 89.9 cm³/mol. The summed E-state index contributed by atoms with van der Waals surface area (Å²) in [6, 6.07) is 7.68. The molecule has 0 bridgehead atoms. The van der Waals surface area contributed by atoms with Crippen molar-refractivity contribution in [2.24, 2.45) is 0 Å². The van der Waals surface area contributed by atoms with Gasteiger partial charge in [-0.05, 0) is 24.3 Å². The lowest BCUT2D eigenvalue weighted by atomic mass is 10.3. The Hall–Kier alpha value is -1.96. The summed E-state index contributed by atoms with van der Waals surface area (Å²) < 4.78 is 5.00. The molecule has 0 aliphatic heterocycles. The molecule has 0 aromatic heterocycles. The molecular weight excluding hydrogens is 363 g/mol. The zero-order chi connectivity index (χ0) is 17.0. The van der Waals surface area contributed by atoms with Crippen LogP contribution in [0, 0.1) is 10.1 Å². The second kappa shape index (κ2) is 7.54. The van der Waals surface area contributed by atoms with E-state index in [9.17, 15) is 14.9 Å². The minimum Gasteiger partial charge on any atom is -0.497 e. The van der Waals surface area contributed by atoms with Crippen molar-refractivity contribution >= 4 is 52.7 Å². The number of amides is 1. The molecule has 0 saturated carbocycles. The largest absolute Gasteiger partial charge is 0.497 e. The smallest absolute Gasteiger partial charge is 0.286 e. The summed E-state index contributed by atoms with van der Waals surface area (Å²) in [5, 5.41) is 14.1. The van der Waals surface area contributed by atoms with Crippen LogP contribution in [0.4, 0.5) is 11.4 Å². The maximum absolute atomic E-state index is 11.2. The van der Waals surface area contributed by atoms with Crippen molar-refractivity contribution in [2.45, 2.75) is 9.79 Å². The van der Waals surface area contributed by atoms with Crippen molar-refractivity contribution in [3.8, 4) is 5.75 Å². The Kier molecular flexibility index (Phi) is 5.70. The fraction of sp³-hybridized carbons (Fsp3) is 0.0714. The molecule has 0 saturated heterocycles. The monoisotopic (exact) mass is 372 g/mol. The quantitative estimate of drug-likeness (QED) is 0.454. The first-order valence-corrected chi connectivity index (χ1v) is 7.73. The first-order chi connectivity index (χ1) is 11.0. The highest BCUT2D eigenvalue weighted by molar-refractivity contribution is 7.99. The summed E-state index contributed by atoms with van der Waals surface area (Å²) in [5.74, 6) is 0.376. The van der Waals surface area contributed by atoms with Gasteiger partial charge in [-0.25, -0.2) is 0 Å². The van der Waals surface area contributed by atoms with E-state index in [1.165, 1.54) is 13.2 Å². The zero-order valence-electron chi connectivity index (χ0n) is 11.7. The van der Waals surface area contributed by atoms with Gasteiger partial charge in [-0.3, -0.25) is 14.9 Å². The number of methoxy groups -OCH3 is 1. The second-order valence-electron chi connectivity index (χ2n) is 4.19. The van der Waals surface area contributed by atoms with E-state index in [0.29, 0.717) is 27.6 Å². The van der Waals surface area contributed by atoms with Gasteiger partial charge in [-0.1, -0.05) is 35.0 Å². The van der Waals surface area contributed by atoms with Crippen LogP contribution in [-0.4, -0.2) is 18.4 Å². The Balaban J connectivity index is 2.49. The average Bonchev–Trinajstić information content (AvgIpc) is 2.54. The van der Waals surface area contributed by atoms with Gasteiger partial charge >= 0.3 is 0 Å². The Bertz CT molecular complexity index is 771. The van der Waals surface area contributed by atoms with Gasteiger partial charge in [-0.2, -0.15) is 0 Å². The van der Waals surface area contributed by atoms with Gasteiger partial charge in [0.1, 0.15) is 5.75 Å². The Morgan fingerprint density at radius 2 is 1.96 bits per heavy atom. The van der Waals surface area contributed by atoms with E-state index >= 15 is 0 Å². The Labute approximate surface area is 145 Å². The van der Waals surface area contributed by atoms with Crippen LogP contribution in [-0.2, 0) is 4.79 Å². The maximum Gasteiger partial charge on any atom is 0.286 e. The van der Waals surface area contributed by atoms with Gasteiger partial charge in [-0.15, -0.1) is 0 Å². The van der Waals surface area contributed by atoms with Crippen molar-refractivity contribution in [3.63, 3.8) is 0 Å². The molecule has 0 heterocycles. The molecule has 0 unspecified atom stereocenters. The van der Waals surface area contributed by atoms with Crippen molar-refractivity contribution in [2.75, 3.05) is 12.4 Å². The lowest BCUT2D eigenvalue weighted by molar-refractivity contribution is -0.387. The molecule has 0 spiro atoms. The highest BCUT2D eigenvalue weighted by Gasteiger charge is 2.19. The summed E-state index contributed by atoms with van der Waals surface area (Å²) in [5.41, 5.74) is 0.182. The minimum atomic E-state index is -0.505. The van der Waals surface area contributed by atoms with Gasteiger partial charge in [0.2, 0.25) is 6.41 Å². The molecule has 0 fully saturated rings. The van der Waals surface area contributed by atoms with E-state index in [0.717, 1.165) is 11.8 Å². The molecule has 0 aliphatic rings. The fourth-order valence-electron chi connectivity index (χ4n) is 1.78. The maximum atomic E-state index is 11.2. The average molecular weight is 373 g/mol. The summed E-state index contributed by atoms with van der Waals surface area (Å²) in [6.07, 6.45) is 0.462. The second-order valence-corrected chi connectivity index (χ2v) is 6.06. The lowest BCUT2D eigenvalue weighted by Gasteiger charge is -2.11. The van der Waals surface area contributed by atoms with Gasteiger partial charge in [0.15, 0.2) is 0 Å². The molecule has 0 atom stereocenters. The number of anilines is 1. The number of nitrogens with zero attached hydrogens (tertiary/aromatic N) is 1. The van der Waals surface area contributed by atoms with Crippen molar-refractivity contribution in [3.05, 3.63) is 50.5 Å². The van der Waals surface area contributed by atoms with Crippen molar-refractivity contribution in [1.82, 2.24) is 0 Å². The number of nitrogens with one attached hydrogen (secondary N) is 1. The number of hydrogen-bond donors (Lipinski definition) is 1. The normalized spacial score (nSPS) is 10.2. The van der Waals surface area contributed by atoms with Crippen LogP contribution in [0.15, 0.2) is 40.1 Å². The number of carbonyl (C=O) groups is 1. The lowest BCUT2D eigenvalue weighted by Crippen LogP contribution is -1.98. The third-order valence-corrected chi connectivity index (χ3v) is 4.77. The van der Waals surface area contributed by atoms with Crippen LogP contribution in [0.5, 0.6) is 5.75 Å². The highest BCUT2D eigenvalue weighted by atomic mass is 35.5. The number of carbonyl (C=O) groups excluding carboxylic acids is 1. The zero-order valence-corrected chi connectivity index (χ0v) is 14.0. The van der Waals surface area contributed by atoms with Gasteiger partial charge in [0.25, 0.3) is 5.69 Å². The summed E-state index contributed by atoms with van der Waals surface area (Å²) in [4.78, 5) is 22.4. The third kappa shape index (κ3) is 3.87. The number of nitro benzene ring substituents is 1. The number of benzene rings is 2. The van der Waals surface area contributed by atoms with E-state index in [1.807, 2.05) is 0 Å². The van der Waals surface area contributed by atoms with Crippen molar-refractivity contribution in [1.29, 1.82) is 0 Å². The van der Waals surface area contributed by atoms with Crippen LogP contribution < -0.4 is 10.1 Å². The molecule has 0 radical (unpaired) electrons. The number of halogens is 2.